The summed E-state index contributed by atoms with van der Waals surface area (Å²) >= 11 is 0. The largest absolute Gasteiger partial charge is 0.479 e. The molecule has 1 unspecified atom stereocenters. The van der Waals surface area contributed by atoms with Crippen molar-refractivity contribution < 1.29 is 23.8 Å². The molecule has 2 heterocycles. The number of benzene rings is 2. The van der Waals surface area contributed by atoms with Crippen LogP contribution in [0.3, 0.4) is 0 Å². The van der Waals surface area contributed by atoms with Crippen LogP contribution >= 0.6 is 0 Å². The van der Waals surface area contributed by atoms with Gasteiger partial charge in [0.2, 0.25) is 12.7 Å². The maximum Gasteiger partial charge on any atom is 0.267 e. The van der Waals surface area contributed by atoms with Gasteiger partial charge >= 0.3 is 0 Å². The van der Waals surface area contributed by atoms with Crippen LogP contribution in [0.15, 0.2) is 42.5 Å². The van der Waals surface area contributed by atoms with Crippen molar-refractivity contribution in [3.05, 3.63) is 48.0 Å². The second-order valence-corrected chi connectivity index (χ2v) is 7.71. The Labute approximate surface area is 169 Å². The van der Waals surface area contributed by atoms with Crippen LogP contribution in [0.25, 0.3) is 0 Å². The maximum absolute atomic E-state index is 12.7. The highest BCUT2D eigenvalue weighted by Gasteiger charge is 2.32. The fourth-order valence-electron chi connectivity index (χ4n) is 3.57. The van der Waals surface area contributed by atoms with E-state index in [9.17, 15) is 9.59 Å². The second kappa shape index (κ2) is 7.31. The zero-order valence-corrected chi connectivity index (χ0v) is 16.7. The molecule has 0 aromatic heterocycles. The number of hydrogen-bond acceptors (Lipinski definition) is 5. The smallest absolute Gasteiger partial charge is 0.267 e. The molecule has 0 radical (unpaired) electrons. The molecule has 1 atom stereocenters. The van der Waals surface area contributed by atoms with Crippen LogP contribution in [0.2, 0.25) is 0 Å². The van der Waals surface area contributed by atoms with Gasteiger partial charge in [-0.25, -0.2) is 0 Å². The van der Waals surface area contributed by atoms with Crippen LogP contribution in [0.1, 0.15) is 32.8 Å². The molecule has 0 spiro atoms. The van der Waals surface area contributed by atoms with Gasteiger partial charge < -0.3 is 24.4 Å². The Morgan fingerprint density at radius 2 is 1.90 bits per heavy atom. The number of nitrogens with one attached hydrogen (secondary N) is 1. The molecule has 152 valence electrons. The molecule has 0 fully saturated rings. The van der Waals surface area contributed by atoms with E-state index < -0.39 is 11.6 Å². The minimum atomic E-state index is -0.599. The van der Waals surface area contributed by atoms with Crippen LogP contribution < -0.4 is 24.4 Å². The van der Waals surface area contributed by atoms with Crippen molar-refractivity contribution in [1.29, 1.82) is 0 Å². The van der Waals surface area contributed by atoms with E-state index in [2.05, 4.69) is 5.32 Å². The molecule has 1 N–H and O–H groups in total. The molecule has 2 aliphatic heterocycles. The van der Waals surface area contributed by atoms with E-state index in [0.29, 0.717) is 22.9 Å². The standard InChI is InChI=1S/C22H24N2O5/c1-14-21(26)24(16-6-4-5-7-17(16)29-14)11-10-20(25)23-22(2,3)15-8-9-18-19(12-15)28-13-27-18/h4-9,12,14H,10-11,13H2,1-3H3,(H,23,25). The van der Waals surface area contributed by atoms with Crippen molar-refractivity contribution in [1.82, 2.24) is 5.32 Å². The van der Waals surface area contributed by atoms with Crippen LogP contribution in [0.5, 0.6) is 17.2 Å². The van der Waals surface area contributed by atoms with Crippen molar-refractivity contribution in [3.63, 3.8) is 0 Å². The first kappa shape index (κ1) is 19.1. The first-order valence-corrected chi connectivity index (χ1v) is 9.63. The summed E-state index contributed by atoms with van der Waals surface area (Å²) in [6, 6.07) is 13.0. The first-order valence-electron chi connectivity index (χ1n) is 9.63. The SMILES string of the molecule is CC1Oc2ccccc2N(CCC(=O)NC(C)(C)c2ccc3c(c2)OCO3)C1=O. The summed E-state index contributed by atoms with van der Waals surface area (Å²) in [5.74, 6) is 1.74. The molecule has 0 saturated heterocycles. The van der Waals surface area contributed by atoms with Gasteiger partial charge in [0.1, 0.15) is 5.75 Å². The fourth-order valence-corrected chi connectivity index (χ4v) is 3.57. The van der Waals surface area contributed by atoms with Gasteiger partial charge in [0, 0.05) is 13.0 Å². The number of para-hydroxylation sites is 2. The molecular formula is C22H24N2O5. The van der Waals surface area contributed by atoms with E-state index in [4.69, 9.17) is 14.2 Å². The summed E-state index contributed by atoms with van der Waals surface area (Å²) in [4.78, 5) is 26.9. The Bertz CT molecular complexity index is 956. The van der Waals surface area contributed by atoms with Gasteiger partial charge in [-0.2, -0.15) is 0 Å². The van der Waals surface area contributed by atoms with Gasteiger partial charge in [0.15, 0.2) is 17.6 Å². The Kier molecular flexibility index (Phi) is 4.82. The second-order valence-electron chi connectivity index (χ2n) is 7.71. The number of carbonyl (C=O) groups is 2. The summed E-state index contributed by atoms with van der Waals surface area (Å²) < 4.78 is 16.4. The summed E-state index contributed by atoms with van der Waals surface area (Å²) in [6.07, 6.45) is -0.390. The van der Waals surface area contributed by atoms with Crippen molar-refractivity contribution in [2.24, 2.45) is 0 Å². The van der Waals surface area contributed by atoms with Gasteiger partial charge in [-0.3, -0.25) is 9.59 Å². The van der Waals surface area contributed by atoms with Gasteiger partial charge in [0.05, 0.1) is 11.2 Å². The van der Waals surface area contributed by atoms with Crippen LogP contribution in [0.4, 0.5) is 5.69 Å². The third-order valence-corrected chi connectivity index (χ3v) is 5.18. The highest BCUT2D eigenvalue weighted by Crippen LogP contribution is 2.36. The highest BCUT2D eigenvalue weighted by molar-refractivity contribution is 6.00. The number of anilines is 1. The van der Waals surface area contributed by atoms with Crippen LogP contribution in [0, 0.1) is 0 Å². The molecule has 2 aliphatic rings. The maximum atomic E-state index is 12.7. The molecule has 7 heteroatoms. The lowest BCUT2D eigenvalue weighted by Crippen LogP contribution is -2.47. The topological polar surface area (TPSA) is 77.1 Å². The van der Waals surface area contributed by atoms with Gasteiger partial charge in [0.25, 0.3) is 5.91 Å². The number of rotatable bonds is 5. The van der Waals surface area contributed by atoms with Gasteiger partial charge in [-0.1, -0.05) is 18.2 Å². The van der Waals surface area contributed by atoms with Crippen LogP contribution in [-0.2, 0) is 15.1 Å². The Hall–Kier alpha value is -3.22. The van der Waals surface area contributed by atoms with Gasteiger partial charge in [-0.05, 0) is 50.6 Å². The lowest BCUT2D eigenvalue weighted by molar-refractivity contribution is -0.125. The van der Waals surface area contributed by atoms with Crippen molar-refractivity contribution in [2.45, 2.75) is 38.8 Å². The Morgan fingerprint density at radius 3 is 2.72 bits per heavy atom. The Balaban J connectivity index is 1.43. The minimum Gasteiger partial charge on any atom is -0.479 e. The van der Waals surface area contributed by atoms with E-state index in [0.717, 1.165) is 5.56 Å². The quantitative estimate of drug-likeness (QED) is 0.841. The summed E-state index contributed by atoms with van der Waals surface area (Å²) in [6.45, 7) is 6.07. The molecule has 2 amide bonds. The van der Waals surface area contributed by atoms with E-state index in [1.807, 2.05) is 56.3 Å². The number of hydrogen-bond donors (Lipinski definition) is 1. The molecule has 2 aromatic carbocycles. The first-order chi connectivity index (χ1) is 13.8. The number of carbonyl (C=O) groups excluding carboxylic acids is 2. The molecule has 29 heavy (non-hydrogen) atoms. The summed E-state index contributed by atoms with van der Waals surface area (Å²) in [7, 11) is 0. The predicted molar refractivity (Wildman–Crippen MR) is 107 cm³/mol. The molecule has 0 bridgehead atoms. The average molecular weight is 396 g/mol. The Morgan fingerprint density at radius 1 is 1.14 bits per heavy atom. The molecule has 2 aromatic rings. The van der Waals surface area contributed by atoms with Crippen molar-refractivity contribution in [2.75, 3.05) is 18.2 Å². The number of ether oxygens (including phenoxy) is 3. The third kappa shape index (κ3) is 3.72. The lowest BCUT2D eigenvalue weighted by atomic mass is 9.93. The normalized spacial score (nSPS) is 17.6. The monoisotopic (exact) mass is 396 g/mol. The fraction of sp³-hybridized carbons (Fsp3) is 0.364. The molecule has 0 saturated carbocycles. The third-order valence-electron chi connectivity index (χ3n) is 5.18. The summed E-state index contributed by atoms with van der Waals surface area (Å²) in [5, 5.41) is 3.05. The van der Waals surface area contributed by atoms with E-state index >= 15 is 0 Å². The van der Waals surface area contributed by atoms with E-state index in [1.165, 1.54) is 0 Å². The minimum absolute atomic E-state index is 0.142. The lowest BCUT2D eigenvalue weighted by Gasteiger charge is -2.33. The van der Waals surface area contributed by atoms with Crippen molar-refractivity contribution >= 4 is 17.5 Å². The molecule has 4 rings (SSSR count). The molecule has 0 aliphatic carbocycles. The number of nitrogens with zero attached hydrogens (tertiary/aromatic N) is 1. The highest BCUT2D eigenvalue weighted by atomic mass is 16.7. The molecular weight excluding hydrogens is 372 g/mol. The van der Waals surface area contributed by atoms with E-state index in [-0.39, 0.29) is 31.6 Å². The average Bonchev–Trinajstić information content (AvgIpc) is 3.16. The zero-order chi connectivity index (χ0) is 20.6. The summed E-state index contributed by atoms with van der Waals surface area (Å²) in [5.41, 5.74) is 1.01. The van der Waals surface area contributed by atoms with Gasteiger partial charge in [-0.15, -0.1) is 0 Å². The zero-order valence-electron chi connectivity index (χ0n) is 16.7. The van der Waals surface area contributed by atoms with E-state index in [1.54, 1.807) is 11.8 Å². The number of amides is 2. The van der Waals surface area contributed by atoms with Crippen molar-refractivity contribution in [3.8, 4) is 17.2 Å². The van der Waals surface area contributed by atoms with Crippen LogP contribution in [-0.4, -0.2) is 31.3 Å². The number of fused-ring (bicyclic) bond motifs is 2. The predicted octanol–water partition coefficient (Wildman–Crippen LogP) is 2.97. The molecule has 7 nitrogen and oxygen atoms in total.